The molecule has 2 saturated heterocycles. The number of hydrogen-bond acceptors (Lipinski definition) is 6. The maximum absolute atomic E-state index is 15.2. The lowest BCUT2D eigenvalue weighted by Crippen LogP contribution is -2.52. The third-order valence-electron chi connectivity index (χ3n) is 7.51. The van der Waals surface area contributed by atoms with Crippen molar-refractivity contribution < 1.29 is 18.8 Å². The zero-order valence-electron chi connectivity index (χ0n) is 20.0. The first-order valence-electron chi connectivity index (χ1n) is 12.3. The zero-order chi connectivity index (χ0) is 25.0. The number of anilines is 1. The summed E-state index contributed by atoms with van der Waals surface area (Å²) < 4.78 is 17.3. The number of rotatable bonds is 4. The van der Waals surface area contributed by atoms with Crippen LogP contribution in [0.25, 0.3) is 5.65 Å². The maximum Gasteiger partial charge on any atom is 0.255 e. The normalized spacial score (nSPS) is 20.8. The van der Waals surface area contributed by atoms with Crippen molar-refractivity contribution in [2.24, 2.45) is 0 Å². The number of piperazine rings is 1. The number of halogens is 1. The summed E-state index contributed by atoms with van der Waals surface area (Å²) in [7, 11) is 0. The van der Waals surface area contributed by atoms with Gasteiger partial charge in [0.2, 0.25) is 11.8 Å². The first-order valence-corrected chi connectivity index (χ1v) is 12.3. The molecule has 3 amide bonds. The van der Waals surface area contributed by atoms with Crippen LogP contribution in [0.2, 0.25) is 0 Å². The highest BCUT2D eigenvalue weighted by Crippen LogP contribution is 2.33. The molecule has 0 radical (unpaired) electrons. The minimum absolute atomic E-state index is 0.190. The summed E-state index contributed by atoms with van der Waals surface area (Å²) in [4.78, 5) is 47.2. The first-order chi connectivity index (χ1) is 17.4. The summed E-state index contributed by atoms with van der Waals surface area (Å²) in [5.74, 6) is -1.59. The van der Waals surface area contributed by atoms with Gasteiger partial charge >= 0.3 is 0 Å². The standard InChI is InChI=1S/C26H27FN6O3/c1-16-22(32-7-3-2-4-23(32)28-16)15-30-8-10-31(11-9-30)21-12-17-14-33(26(36)18(17)13-19(21)27)20-5-6-24(34)29-25(20)35/h2-4,7,12-13,20H,5-6,8-11,14-15H2,1H3,(H,29,34,35). The molecule has 2 aromatic heterocycles. The number of aryl methyl sites for hydroxylation is 1. The number of carbonyl (C=O) groups excluding carboxylic acids is 3. The van der Waals surface area contributed by atoms with E-state index in [1.54, 1.807) is 6.07 Å². The summed E-state index contributed by atoms with van der Waals surface area (Å²) >= 11 is 0. The Morgan fingerprint density at radius 2 is 1.92 bits per heavy atom. The third kappa shape index (κ3) is 3.81. The summed E-state index contributed by atoms with van der Waals surface area (Å²) in [5.41, 5.74) is 4.60. The number of piperidine rings is 1. The van der Waals surface area contributed by atoms with E-state index in [2.05, 4.69) is 19.6 Å². The second-order valence-corrected chi connectivity index (χ2v) is 9.70. The molecule has 0 aliphatic carbocycles. The van der Waals surface area contributed by atoms with Crippen molar-refractivity contribution in [3.63, 3.8) is 0 Å². The summed E-state index contributed by atoms with van der Waals surface area (Å²) in [6, 6.07) is 8.31. The minimum Gasteiger partial charge on any atom is -0.367 e. The van der Waals surface area contributed by atoms with Crippen molar-refractivity contribution in [3.8, 4) is 0 Å². The van der Waals surface area contributed by atoms with E-state index in [1.165, 1.54) is 11.0 Å². The van der Waals surface area contributed by atoms with E-state index in [-0.39, 0.29) is 31.2 Å². The number of aromatic nitrogens is 2. The Hall–Kier alpha value is -3.79. The molecule has 9 nitrogen and oxygen atoms in total. The number of hydrogen-bond donors (Lipinski definition) is 1. The van der Waals surface area contributed by atoms with E-state index in [0.717, 1.165) is 36.7 Å². The van der Waals surface area contributed by atoms with E-state index >= 15 is 4.39 Å². The highest BCUT2D eigenvalue weighted by molar-refractivity contribution is 6.05. The van der Waals surface area contributed by atoms with Gasteiger partial charge in [-0.05, 0) is 43.2 Å². The molecule has 3 aliphatic heterocycles. The number of nitrogens with zero attached hydrogens (tertiary/aromatic N) is 5. The lowest BCUT2D eigenvalue weighted by molar-refractivity contribution is -0.136. The molecule has 1 N–H and O–H groups in total. The van der Waals surface area contributed by atoms with Gasteiger partial charge in [0, 0.05) is 57.4 Å². The lowest BCUT2D eigenvalue weighted by Gasteiger charge is -2.36. The highest BCUT2D eigenvalue weighted by Gasteiger charge is 2.40. The van der Waals surface area contributed by atoms with E-state index in [1.807, 2.05) is 36.2 Å². The molecule has 1 unspecified atom stereocenters. The Bertz CT molecular complexity index is 1390. The largest absolute Gasteiger partial charge is 0.367 e. The fraction of sp³-hybridized carbons (Fsp3) is 0.385. The van der Waals surface area contributed by atoms with Crippen LogP contribution in [0.3, 0.4) is 0 Å². The molecule has 0 spiro atoms. The topological polar surface area (TPSA) is 90.3 Å². The molecule has 6 rings (SSSR count). The summed E-state index contributed by atoms with van der Waals surface area (Å²) in [6.45, 7) is 5.91. The maximum atomic E-state index is 15.2. The van der Waals surface area contributed by atoms with Gasteiger partial charge in [0.05, 0.1) is 17.1 Å². The average molecular weight is 491 g/mol. The molecule has 2 fully saturated rings. The fourth-order valence-corrected chi connectivity index (χ4v) is 5.53. The minimum atomic E-state index is -0.708. The van der Waals surface area contributed by atoms with Crippen molar-refractivity contribution in [2.45, 2.75) is 38.9 Å². The van der Waals surface area contributed by atoms with Crippen molar-refractivity contribution in [1.29, 1.82) is 0 Å². The van der Waals surface area contributed by atoms with Gasteiger partial charge in [-0.1, -0.05) is 6.07 Å². The molecule has 186 valence electrons. The van der Waals surface area contributed by atoms with Crippen LogP contribution >= 0.6 is 0 Å². The van der Waals surface area contributed by atoms with Crippen molar-refractivity contribution in [1.82, 2.24) is 24.5 Å². The smallest absolute Gasteiger partial charge is 0.255 e. The monoisotopic (exact) mass is 490 g/mol. The van der Waals surface area contributed by atoms with E-state index in [9.17, 15) is 14.4 Å². The molecular formula is C26H27FN6O3. The average Bonchev–Trinajstić information content (AvgIpc) is 3.35. The number of imide groups is 1. The molecule has 0 saturated carbocycles. The number of nitrogens with one attached hydrogen (secondary N) is 1. The summed E-state index contributed by atoms with van der Waals surface area (Å²) in [6.07, 6.45) is 2.50. The van der Waals surface area contributed by atoms with E-state index in [4.69, 9.17) is 0 Å². The predicted octanol–water partition coefficient (Wildman–Crippen LogP) is 1.87. The van der Waals surface area contributed by atoms with Crippen LogP contribution in [-0.4, -0.2) is 69.1 Å². The number of fused-ring (bicyclic) bond motifs is 2. The van der Waals surface area contributed by atoms with Crippen molar-refractivity contribution in [3.05, 3.63) is 64.9 Å². The van der Waals surface area contributed by atoms with Gasteiger partial charge in [-0.15, -0.1) is 0 Å². The van der Waals surface area contributed by atoms with Crippen LogP contribution < -0.4 is 10.2 Å². The fourth-order valence-electron chi connectivity index (χ4n) is 5.53. The SMILES string of the molecule is Cc1nc2ccccn2c1CN1CCN(c2cc3c(cc2F)C(=O)N(C2CCC(=O)NC2=O)C3)CC1. The van der Waals surface area contributed by atoms with Crippen molar-refractivity contribution in [2.75, 3.05) is 31.1 Å². The quantitative estimate of drug-likeness (QED) is 0.562. The molecule has 36 heavy (non-hydrogen) atoms. The second-order valence-electron chi connectivity index (χ2n) is 9.70. The van der Waals surface area contributed by atoms with Gasteiger partial charge in [0.1, 0.15) is 17.5 Å². The molecule has 3 aliphatic rings. The van der Waals surface area contributed by atoms with Gasteiger partial charge in [-0.25, -0.2) is 9.37 Å². The molecule has 3 aromatic rings. The zero-order valence-corrected chi connectivity index (χ0v) is 20.0. The third-order valence-corrected chi connectivity index (χ3v) is 7.51. The van der Waals surface area contributed by atoms with Crippen LogP contribution in [0.5, 0.6) is 0 Å². The first kappa shape index (κ1) is 22.7. The predicted molar refractivity (Wildman–Crippen MR) is 130 cm³/mol. The van der Waals surface area contributed by atoms with Gasteiger partial charge in [0.25, 0.3) is 5.91 Å². The van der Waals surface area contributed by atoms with Gasteiger partial charge in [-0.3, -0.25) is 24.6 Å². The van der Waals surface area contributed by atoms with Crippen LogP contribution in [0.1, 0.15) is 40.2 Å². The molecular weight excluding hydrogens is 463 g/mol. The molecule has 1 atom stereocenters. The number of carbonyl (C=O) groups is 3. The lowest BCUT2D eigenvalue weighted by atomic mass is 10.0. The number of amides is 3. The van der Waals surface area contributed by atoms with Gasteiger partial charge in [0.15, 0.2) is 0 Å². The van der Waals surface area contributed by atoms with Crippen LogP contribution in [0.15, 0.2) is 36.5 Å². The van der Waals surface area contributed by atoms with Crippen molar-refractivity contribution >= 4 is 29.1 Å². The Balaban J connectivity index is 1.15. The van der Waals surface area contributed by atoms with Gasteiger partial charge in [-0.2, -0.15) is 0 Å². The second kappa shape index (κ2) is 8.70. The molecule has 1 aromatic carbocycles. The number of benzene rings is 1. The molecule has 10 heteroatoms. The Kier molecular flexibility index (Phi) is 5.48. The Morgan fingerprint density at radius 3 is 2.69 bits per heavy atom. The summed E-state index contributed by atoms with van der Waals surface area (Å²) in [5, 5.41) is 2.30. The number of pyridine rings is 1. The van der Waals surface area contributed by atoms with E-state index in [0.29, 0.717) is 29.9 Å². The van der Waals surface area contributed by atoms with Crippen LogP contribution in [0, 0.1) is 12.7 Å². The Labute approximate surface area is 207 Å². The Morgan fingerprint density at radius 1 is 1.11 bits per heavy atom. The van der Waals surface area contributed by atoms with Gasteiger partial charge < -0.3 is 14.2 Å². The van der Waals surface area contributed by atoms with Crippen LogP contribution in [-0.2, 0) is 22.7 Å². The van der Waals surface area contributed by atoms with Crippen LogP contribution in [0.4, 0.5) is 10.1 Å². The molecule has 5 heterocycles. The molecule has 0 bridgehead atoms. The number of imidazole rings is 1. The van der Waals surface area contributed by atoms with E-state index < -0.39 is 17.8 Å². The highest BCUT2D eigenvalue weighted by atomic mass is 19.1.